The van der Waals surface area contributed by atoms with Crippen molar-refractivity contribution in [3.8, 4) is 0 Å². The van der Waals surface area contributed by atoms with E-state index < -0.39 is 0 Å². The van der Waals surface area contributed by atoms with Gasteiger partial charge in [-0.25, -0.2) is 0 Å². The molecule has 0 saturated heterocycles. The van der Waals surface area contributed by atoms with E-state index in [1.165, 1.54) is 0 Å². The number of ether oxygens (including phenoxy) is 1. The summed E-state index contributed by atoms with van der Waals surface area (Å²) < 4.78 is 4.96. The topological polar surface area (TPSA) is 55.4 Å². The van der Waals surface area contributed by atoms with Crippen molar-refractivity contribution in [1.29, 1.82) is 0 Å². The van der Waals surface area contributed by atoms with Crippen molar-refractivity contribution < 1.29 is 14.3 Å². The molecule has 0 bridgehead atoms. The van der Waals surface area contributed by atoms with Gasteiger partial charge in [-0.05, 0) is 26.7 Å². The van der Waals surface area contributed by atoms with Gasteiger partial charge in [-0.1, -0.05) is 6.42 Å². The highest BCUT2D eigenvalue weighted by atomic mass is 16.5. The molecule has 0 spiro atoms. The minimum Gasteiger partial charge on any atom is -0.463 e. The Hall–Kier alpha value is -1.06. The normalized spacial score (nSPS) is 9.93. The lowest BCUT2D eigenvalue weighted by molar-refractivity contribution is -0.147. The molecule has 0 aliphatic heterocycles. The smallest absolute Gasteiger partial charge is 0.309 e. The SMILES string of the molecule is CC(C)OC(=O)CCCCCN[C]=O. The number of amides is 1. The van der Waals surface area contributed by atoms with Crippen LogP contribution in [0.5, 0.6) is 0 Å². The van der Waals surface area contributed by atoms with Gasteiger partial charge in [0.25, 0.3) is 0 Å². The van der Waals surface area contributed by atoms with E-state index in [-0.39, 0.29) is 12.1 Å². The lowest BCUT2D eigenvalue weighted by Gasteiger charge is -2.07. The Morgan fingerprint density at radius 1 is 1.36 bits per heavy atom. The van der Waals surface area contributed by atoms with Gasteiger partial charge < -0.3 is 10.1 Å². The number of hydrogen-bond acceptors (Lipinski definition) is 3. The van der Waals surface area contributed by atoms with E-state index in [2.05, 4.69) is 5.32 Å². The van der Waals surface area contributed by atoms with Gasteiger partial charge in [0.05, 0.1) is 6.10 Å². The molecule has 0 saturated carbocycles. The van der Waals surface area contributed by atoms with Gasteiger partial charge in [0, 0.05) is 13.0 Å². The van der Waals surface area contributed by atoms with Crippen LogP contribution in [0.4, 0.5) is 0 Å². The average molecular weight is 200 g/mol. The molecule has 0 unspecified atom stereocenters. The molecule has 0 rings (SSSR count). The Balaban J connectivity index is 3.19. The molecule has 4 heteroatoms. The standard InChI is InChI=1S/C10H18NO3/c1-9(2)14-10(13)6-4-3-5-7-11-8-12/h9H,3-7H2,1-2H3,(H,11,12). The summed E-state index contributed by atoms with van der Waals surface area (Å²) in [6, 6.07) is 0. The fourth-order valence-corrected chi connectivity index (χ4v) is 1.03. The van der Waals surface area contributed by atoms with Crippen LogP contribution in [0.3, 0.4) is 0 Å². The van der Waals surface area contributed by atoms with Crippen molar-refractivity contribution in [2.24, 2.45) is 0 Å². The van der Waals surface area contributed by atoms with Crippen molar-refractivity contribution >= 4 is 12.4 Å². The maximum absolute atomic E-state index is 11.0. The summed E-state index contributed by atoms with van der Waals surface area (Å²) in [5.74, 6) is -0.144. The first kappa shape index (κ1) is 12.9. The fourth-order valence-electron chi connectivity index (χ4n) is 1.03. The third-order valence-corrected chi connectivity index (χ3v) is 1.62. The first-order chi connectivity index (χ1) is 6.66. The number of esters is 1. The number of carbonyl (C=O) groups excluding carboxylic acids is 2. The molecule has 81 valence electrons. The zero-order valence-corrected chi connectivity index (χ0v) is 8.84. The zero-order valence-electron chi connectivity index (χ0n) is 8.84. The van der Waals surface area contributed by atoms with E-state index in [4.69, 9.17) is 4.74 Å². The first-order valence-electron chi connectivity index (χ1n) is 4.96. The predicted molar refractivity (Wildman–Crippen MR) is 53.4 cm³/mol. The second-order valence-electron chi connectivity index (χ2n) is 3.38. The second-order valence-corrected chi connectivity index (χ2v) is 3.38. The van der Waals surface area contributed by atoms with Crippen LogP contribution in [0, 0.1) is 0 Å². The van der Waals surface area contributed by atoms with Crippen LogP contribution in [0.1, 0.15) is 39.5 Å². The molecule has 0 aliphatic carbocycles. The predicted octanol–water partition coefficient (Wildman–Crippen LogP) is 1.16. The van der Waals surface area contributed by atoms with Crippen molar-refractivity contribution in [2.75, 3.05) is 6.54 Å². The highest BCUT2D eigenvalue weighted by molar-refractivity contribution is 5.69. The summed E-state index contributed by atoms with van der Waals surface area (Å²) >= 11 is 0. The maximum Gasteiger partial charge on any atom is 0.309 e. The van der Waals surface area contributed by atoms with Crippen LogP contribution in [-0.4, -0.2) is 25.0 Å². The Labute approximate surface area is 85.0 Å². The van der Waals surface area contributed by atoms with E-state index in [9.17, 15) is 9.59 Å². The molecule has 0 aromatic heterocycles. The van der Waals surface area contributed by atoms with Gasteiger partial charge in [-0.2, -0.15) is 0 Å². The third-order valence-electron chi connectivity index (χ3n) is 1.62. The Morgan fingerprint density at radius 2 is 2.07 bits per heavy atom. The van der Waals surface area contributed by atoms with Gasteiger partial charge in [-0.3, -0.25) is 9.59 Å². The summed E-state index contributed by atoms with van der Waals surface area (Å²) in [4.78, 5) is 20.8. The molecule has 1 radical (unpaired) electrons. The summed E-state index contributed by atoms with van der Waals surface area (Å²) in [6.45, 7) is 4.30. The van der Waals surface area contributed by atoms with Crippen molar-refractivity contribution in [2.45, 2.75) is 45.6 Å². The minimum atomic E-state index is -0.144. The molecule has 0 aliphatic rings. The number of rotatable bonds is 8. The lowest BCUT2D eigenvalue weighted by atomic mass is 10.2. The van der Waals surface area contributed by atoms with E-state index >= 15 is 0 Å². The molecule has 1 N–H and O–H groups in total. The summed E-state index contributed by atoms with van der Waals surface area (Å²) in [6.07, 6.45) is 4.64. The number of carbonyl (C=O) groups is 1. The molecule has 0 aromatic rings. The quantitative estimate of drug-likeness (QED) is 0.363. The highest BCUT2D eigenvalue weighted by Gasteiger charge is 2.04. The van der Waals surface area contributed by atoms with Crippen LogP contribution >= 0.6 is 0 Å². The van der Waals surface area contributed by atoms with Gasteiger partial charge in [-0.15, -0.1) is 0 Å². The van der Waals surface area contributed by atoms with Gasteiger partial charge in [0.1, 0.15) is 0 Å². The Bertz CT molecular complexity index is 169. The van der Waals surface area contributed by atoms with Crippen LogP contribution in [-0.2, 0) is 14.3 Å². The van der Waals surface area contributed by atoms with Crippen LogP contribution in [0.25, 0.3) is 0 Å². The Morgan fingerprint density at radius 3 is 2.64 bits per heavy atom. The highest BCUT2D eigenvalue weighted by Crippen LogP contribution is 2.02. The molecule has 1 amide bonds. The molecule has 0 atom stereocenters. The molecule has 0 aromatic carbocycles. The van der Waals surface area contributed by atoms with Gasteiger partial charge in [0.15, 0.2) is 0 Å². The van der Waals surface area contributed by atoms with Gasteiger partial charge in [0.2, 0.25) is 0 Å². The first-order valence-corrected chi connectivity index (χ1v) is 4.96. The van der Waals surface area contributed by atoms with Crippen molar-refractivity contribution in [1.82, 2.24) is 5.32 Å². The molecular formula is C10H18NO3. The monoisotopic (exact) mass is 200 g/mol. The largest absolute Gasteiger partial charge is 0.463 e. The third kappa shape index (κ3) is 9.03. The van der Waals surface area contributed by atoms with Crippen molar-refractivity contribution in [3.05, 3.63) is 0 Å². The zero-order chi connectivity index (χ0) is 10.8. The number of nitrogens with one attached hydrogen (secondary N) is 1. The fraction of sp³-hybridized carbons (Fsp3) is 0.800. The summed E-state index contributed by atoms with van der Waals surface area (Å²) in [5.41, 5.74) is 0. The number of hydrogen-bond donors (Lipinski definition) is 1. The van der Waals surface area contributed by atoms with E-state index in [0.717, 1.165) is 19.3 Å². The maximum atomic E-state index is 11.0. The molecule has 0 heterocycles. The van der Waals surface area contributed by atoms with E-state index in [0.29, 0.717) is 13.0 Å². The summed E-state index contributed by atoms with van der Waals surface area (Å²) in [5, 5.41) is 2.45. The minimum absolute atomic E-state index is 0.0335. The summed E-state index contributed by atoms with van der Waals surface area (Å²) in [7, 11) is 0. The van der Waals surface area contributed by atoms with E-state index in [1.807, 2.05) is 13.8 Å². The molecular weight excluding hydrogens is 182 g/mol. The number of unbranched alkanes of at least 4 members (excludes halogenated alkanes) is 2. The average Bonchev–Trinajstić information content (AvgIpc) is 2.10. The Kier molecular flexibility index (Phi) is 7.89. The second kappa shape index (κ2) is 8.53. The van der Waals surface area contributed by atoms with Gasteiger partial charge >= 0.3 is 12.4 Å². The van der Waals surface area contributed by atoms with E-state index in [1.54, 1.807) is 6.41 Å². The molecule has 14 heavy (non-hydrogen) atoms. The van der Waals surface area contributed by atoms with Crippen molar-refractivity contribution in [3.63, 3.8) is 0 Å². The molecule has 0 fully saturated rings. The van der Waals surface area contributed by atoms with Crippen LogP contribution < -0.4 is 5.32 Å². The molecule has 4 nitrogen and oxygen atoms in total. The van der Waals surface area contributed by atoms with Crippen LogP contribution in [0.2, 0.25) is 0 Å². The van der Waals surface area contributed by atoms with Crippen LogP contribution in [0.15, 0.2) is 0 Å². The lowest BCUT2D eigenvalue weighted by Crippen LogP contribution is -2.13.